The molecule has 6 nitrogen and oxygen atoms in total. The Labute approximate surface area is 136 Å². The first kappa shape index (κ1) is 15.5. The molecule has 2 aromatic rings. The second-order valence-electron chi connectivity index (χ2n) is 5.69. The molecule has 1 aliphatic heterocycles. The summed E-state index contributed by atoms with van der Waals surface area (Å²) in [7, 11) is 0. The highest BCUT2D eigenvalue weighted by Crippen LogP contribution is 2.33. The number of anilines is 1. The zero-order chi connectivity index (χ0) is 16.1. The van der Waals surface area contributed by atoms with Crippen molar-refractivity contribution in [1.29, 1.82) is 5.26 Å². The smallest absolute Gasteiger partial charge is 0.140 e. The molecule has 1 N–H and O–H groups in total. The van der Waals surface area contributed by atoms with Crippen molar-refractivity contribution < 1.29 is 4.74 Å². The van der Waals surface area contributed by atoms with E-state index in [2.05, 4.69) is 28.4 Å². The van der Waals surface area contributed by atoms with Crippen LogP contribution in [-0.2, 0) is 11.3 Å². The second kappa shape index (κ2) is 7.25. The molecule has 1 aliphatic rings. The van der Waals surface area contributed by atoms with Gasteiger partial charge in [0.05, 0.1) is 17.6 Å². The van der Waals surface area contributed by atoms with E-state index in [-0.39, 0.29) is 6.10 Å². The van der Waals surface area contributed by atoms with Gasteiger partial charge in [0.15, 0.2) is 0 Å². The summed E-state index contributed by atoms with van der Waals surface area (Å²) in [5, 5.41) is 16.6. The van der Waals surface area contributed by atoms with Crippen LogP contribution in [0, 0.1) is 17.2 Å². The normalized spacial score (nSPS) is 20.9. The van der Waals surface area contributed by atoms with Crippen molar-refractivity contribution >= 4 is 5.69 Å². The van der Waals surface area contributed by atoms with Gasteiger partial charge < -0.3 is 10.1 Å². The Morgan fingerprint density at radius 1 is 1.43 bits per heavy atom. The van der Waals surface area contributed by atoms with Crippen LogP contribution in [0.3, 0.4) is 0 Å². The summed E-state index contributed by atoms with van der Waals surface area (Å²) in [6.07, 6.45) is 5.81. The Bertz CT molecular complexity index is 673. The average Bonchev–Trinajstić information content (AvgIpc) is 3.09. The zero-order valence-electron chi connectivity index (χ0n) is 13.3. The van der Waals surface area contributed by atoms with Gasteiger partial charge in [-0.3, -0.25) is 4.68 Å². The minimum absolute atomic E-state index is 0.0741. The van der Waals surface area contributed by atoms with Crippen molar-refractivity contribution in [3.05, 3.63) is 42.0 Å². The SMILES string of the molecule is CCn1nccc1[C@@H]1OCCC[C@H]1CNc1ccc(C#N)nc1. The highest BCUT2D eigenvalue weighted by molar-refractivity contribution is 5.42. The molecular weight excluding hydrogens is 290 g/mol. The molecule has 0 spiro atoms. The van der Waals surface area contributed by atoms with Gasteiger partial charge in [-0.15, -0.1) is 0 Å². The van der Waals surface area contributed by atoms with Crippen LogP contribution in [0.15, 0.2) is 30.6 Å². The maximum Gasteiger partial charge on any atom is 0.140 e. The number of hydrogen-bond acceptors (Lipinski definition) is 5. The van der Waals surface area contributed by atoms with Gasteiger partial charge in [0.1, 0.15) is 17.9 Å². The number of nitriles is 1. The third-order valence-corrected chi connectivity index (χ3v) is 4.23. The molecule has 2 atom stereocenters. The fourth-order valence-corrected chi connectivity index (χ4v) is 3.04. The monoisotopic (exact) mass is 311 g/mol. The maximum atomic E-state index is 8.79. The van der Waals surface area contributed by atoms with Gasteiger partial charge in [-0.2, -0.15) is 10.4 Å². The van der Waals surface area contributed by atoms with Gasteiger partial charge in [-0.05, 0) is 38.0 Å². The molecule has 3 rings (SSSR count). The largest absolute Gasteiger partial charge is 0.383 e. The van der Waals surface area contributed by atoms with E-state index in [1.54, 1.807) is 12.3 Å². The quantitative estimate of drug-likeness (QED) is 0.919. The third kappa shape index (κ3) is 3.51. The fourth-order valence-electron chi connectivity index (χ4n) is 3.04. The number of hydrogen-bond donors (Lipinski definition) is 1. The molecule has 0 radical (unpaired) electrons. The Kier molecular flexibility index (Phi) is 4.89. The number of ether oxygens (including phenoxy) is 1. The molecule has 0 amide bonds. The predicted octanol–water partition coefficient (Wildman–Crippen LogP) is 2.75. The lowest BCUT2D eigenvalue weighted by atomic mass is 9.92. The van der Waals surface area contributed by atoms with Crippen molar-refractivity contribution in [1.82, 2.24) is 14.8 Å². The molecular formula is C17H21N5O. The summed E-state index contributed by atoms with van der Waals surface area (Å²) < 4.78 is 8.05. The molecule has 3 heterocycles. The van der Waals surface area contributed by atoms with E-state index < -0.39 is 0 Å². The number of aryl methyl sites for hydroxylation is 1. The minimum Gasteiger partial charge on any atom is -0.383 e. The summed E-state index contributed by atoms with van der Waals surface area (Å²) in [6.45, 7) is 4.55. The van der Waals surface area contributed by atoms with Gasteiger partial charge in [-0.1, -0.05) is 0 Å². The Morgan fingerprint density at radius 2 is 2.35 bits per heavy atom. The summed E-state index contributed by atoms with van der Waals surface area (Å²) in [5.74, 6) is 0.390. The zero-order valence-corrected chi connectivity index (χ0v) is 13.3. The molecule has 23 heavy (non-hydrogen) atoms. The number of nitrogens with one attached hydrogen (secondary N) is 1. The van der Waals surface area contributed by atoms with Crippen LogP contribution in [0.4, 0.5) is 5.69 Å². The minimum atomic E-state index is 0.0741. The van der Waals surface area contributed by atoms with E-state index in [1.807, 2.05) is 23.0 Å². The lowest BCUT2D eigenvalue weighted by Crippen LogP contribution is -2.30. The molecule has 0 bridgehead atoms. The Hall–Kier alpha value is -2.39. The second-order valence-corrected chi connectivity index (χ2v) is 5.69. The number of nitrogens with zero attached hydrogens (tertiary/aromatic N) is 4. The van der Waals surface area contributed by atoms with E-state index in [0.717, 1.165) is 43.9 Å². The van der Waals surface area contributed by atoms with Crippen LogP contribution in [0.5, 0.6) is 0 Å². The van der Waals surface area contributed by atoms with Crippen LogP contribution < -0.4 is 5.32 Å². The van der Waals surface area contributed by atoms with Crippen molar-refractivity contribution in [2.24, 2.45) is 5.92 Å². The first-order chi connectivity index (χ1) is 11.3. The van der Waals surface area contributed by atoms with E-state index in [0.29, 0.717) is 11.6 Å². The molecule has 1 saturated heterocycles. The first-order valence-electron chi connectivity index (χ1n) is 8.05. The van der Waals surface area contributed by atoms with E-state index >= 15 is 0 Å². The van der Waals surface area contributed by atoms with Crippen LogP contribution in [0.1, 0.15) is 37.3 Å². The van der Waals surface area contributed by atoms with Crippen molar-refractivity contribution in [3.63, 3.8) is 0 Å². The summed E-state index contributed by atoms with van der Waals surface area (Å²) in [5.41, 5.74) is 2.51. The first-order valence-corrected chi connectivity index (χ1v) is 8.05. The molecule has 0 saturated carbocycles. The number of aromatic nitrogens is 3. The topological polar surface area (TPSA) is 75.8 Å². The average molecular weight is 311 g/mol. The number of pyridine rings is 1. The summed E-state index contributed by atoms with van der Waals surface area (Å²) >= 11 is 0. The lowest BCUT2D eigenvalue weighted by molar-refractivity contribution is -0.0288. The lowest BCUT2D eigenvalue weighted by Gasteiger charge is -2.32. The Morgan fingerprint density at radius 3 is 3.09 bits per heavy atom. The molecule has 2 aromatic heterocycles. The highest BCUT2D eigenvalue weighted by Gasteiger charge is 2.29. The summed E-state index contributed by atoms with van der Waals surface area (Å²) in [4.78, 5) is 4.09. The molecule has 0 unspecified atom stereocenters. The molecule has 6 heteroatoms. The van der Waals surface area contributed by atoms with E-state index in [1.165, 1.54) is 0 Å². The van der Waals surface area contributed by atoms with Crippen molar-refractivity contribution in [3.8, 4) is 6.07 Å². The molecule has 1 fully saturated rings. The van der Waals surface area contributed by atoms with Crippen LogP contribution in [0.25, 0.3) is 0 Å². The van der Waals surface area contributed by atoms with Gasteiger partial charge in [0, 0.05) is 31.8 Å². The van der Waals surface area contributed by atoms with Gasteiger partial charge in [-0.25, -0.2) is 4.98 Å². The van der Waals surface area contributed by atoms with Crippen LogP contribution in [-0.4, -0.2) is 27.9 Å². The van der Waals surface area contributed by atoms with Gasteiger partial charge in [0.25, 0.3) is 0 Å². The van der Waals surface area contributed by atoms with Crippen LogP contribution >= 0.6 is 0 Å². The summed E-state index contributed by atoms with van der Waals surface area (Å²) in [6, 6.07) is 7.70. The van der Waals surface area contributed by atoms with Crippen LogP contribution in [0.2, 0.25) is 0 Å². The standard InChI is InChI=1S/C17H21N5O/c1-2-22-16(7-8-21-22)17-13(4-3-9-23-17)11-19-15-6-5-14(10-18)20-12-15/h5-8,12-13,17,19H,2-4,9,11H2,1H3/t13-,17+/m0/s1. The number of rotatable bonds is 5. The molecule has 0 aromatic carbocycles. The van der Waals surface area contributed by atoms with Gasteiger partial charge in [0.2, 0.25) is 0 Å². The molecule has 120 valence electrons. The van der Waals surface area contributed by atoms with Crippen molar-refractivity contribution in [2.75, 3.05) is 18.5 Å². The van der Waals surface area contributed by atoms with Gasteiger partial charge >= 0.3 is 0 Å². The highest BCUT2D eigenvalue weighted by atomic mass is 16.5. The van der Waals surface area contributed by atoms with E-state index in [4.69, 9.17) is 10.00 Å². The molecule has 0 aliphatic carbocycles. The van der Waals surface area contributed by atoms with Crippen molar-refractivity contribution in [2.45, 2.75) is 32.4 Å². The third-order valence-electron chi connectivity index (χ3n) is 4.23. The predicted molar refractivity (Wildman–Crippen MR) is 86.8 cm³/mol. The van der Waals surface area contributed by atoms with E-state index in [9.17, 15) is 0 Å². The Balaban J connectivity index is 1.68. The maximum absolute atomic E-state index is 8.79. The fraction of sp³-hybridized carbons (Fsp3) is 0.471.